The van der Waals surface area contributed by atoms with Crippen molar-refractivity contribution in [1.29, 1.82) is 0 Å². The zero-order valence-electron chi connectivity index (χ0n) is 12.5. The van der Waals surface area contributed by atoms with Gasteiger partial charge in [0.15, 0.2) is 11.7 Å². The molecule has 1 saturated heterocycles. The lowest BCUT2D eigenvalue weighted by Gasteiger charge is -2.20. The maximum atomic E-state index is 12.3. The summed E-state index contributed by atoms with van der Waals surface area (Å²) >= 11 is 0. The van der Waals surface area contributed by atoms with Crippen LogP contribution in [0.5, 0.6) is 5.75 Å². The number of aliphatic imine (C=N–C) groups is 1. The van der Waals surface area contributed by atoms with Crippen molar-refractivity contribution in [2.24, 2.45) is 10.7 Å². The van der Waals surface area contributed by atoms with Crippen molar-refractivity contribution in [3.63, 3.8) is 0 Å². The molecule has 0 aliphatic carbocycles. The fourth-order valence-corrected chi connectivity index (χ4v) is 2.18. The normalized spacial score (nSPS) is 21.7. The van der Waals surface area contributed by atoms with E-state index in [0.29, 0.717) is 13.2 Å². The highest BCUT2D eigenvalue weighted by Gasteiger charge is 2.32. The van der Waals surface area contributed by atoms with Gasteiger partial charge in [-0.05, 0) is 31.9 Å². The van der Waals surface area contributed by atoms with Gasteiger partial charge in [0.2, 0.25) is 0 Å². The molecule has 5 nitrogen and oxygen atoms in total. The van der Waals surface area contributed by atoms with Crippen LogP contribution in [0.1, 0.15) is 19.8 Å². The van der Waals surface area contributed by atoms with Crippen molar-refractivity contribution in [2.45, 2.75) is 31.7 Å². The molecule has 3 N–H and O–H groups in total. The topological polar surface area (TPSA) is 68.9 Å². The number of nitrogens with one attached hydrogen (secondary N) is 1. The first-order chi connectivity index (χ1) is 10.3. The van der Waals surface area contributed by atoms with Crippen LogP contribution in [-0.4, -0.2) is 31.1 Å². The predicted molar refractivity (Wildman–Crippen MR) is 92.2 cm³/mol. The van der Waals surface area contributed by atoms with E-state index < -0.39 is 6.36 Å². The SMILES string of the molecule is CC1(CN=C(N)Nc2ccccc2OC(F)(F)F)CCCO1.I. The molecule has 1 aromatic carbocycles. The van der Waals surface area contributed by atoms with Crippen molar-refractivity contribution in [3.8, 4) is 5.75 Å². The minimum absolute atomic E-state index is 0. The molecule has 1 heterocycles. The summed E-state index contributed by atoms with van der Waals surface area (Å²) in [5, 5.41) is 2.62. The highest BCUT2D eigenvalue weighted by molar-refractivity contribution is 14.0. The second-order valence-corrected chi connectivity index (χ2v) is 5.27. The summed E-state index contributed by atoms with van der Waals surface area (Å²) in [5.74, 6) is -0.355. The van der Waals surface area contributed by atoms with Gasteiger partial charge in [-0.2, -0.15) is 0 Å². The van der Waals surface area contributed by atoms with E-state index in [1.54, 1.807) is 6.07 Å². The standard InChI is InChI=1S/C14H18F3N3O2.HI/c1-13(7-4-8-21-13)9-19-12(18)20-10-5-2-3-6-11(10)22-14(15,16)17;/h2-3,5-6H,4,7-9H2,1H3,(H3,18,19,20);1H. The van der Waals surface area contributed by atoms with E-state index in [2.05, 4.69) is 15.0 Å². The van der Waals surface area contributed by atoms with E-state index in [-0.39, 0.29) is 47.0 Å². The van der Waals surface area contributed by atoms with Gasteiger partial charge in [0.05, 0.1) is 17.8 Å². The number of ether oxygens (including phenoxy) is 2. The number of para-hydroxylation sites is 2. The van der Waals surface area contributed by atoms with Crippen LogP contribution in [0.3, 0.4) is 0 Å². The number of guanidine groups is 1. The molecule has 0 saturated carbocycles. The minimum atomic E-state index is -4.77. The Bertz CT molecular complexity index is 546. The van der Waals surface area contributed by atoms with E-state index in [1.165, 1.54) is 18.2 Å². The molecule has 130 valence electrons. The largest absolute Gasteiger partial charge is 0.573 e. The third kappa shape index (κ3) is 6.42. The number of anilines is 1. The highest BCUT2D eigenvalue weighted by atomic mass is 127. The molecule has 1 fully saturated rings. The summed E-state index contributed by atoms with van der Waals surface area (Å²) in [6.07, 6.45) is -2.94. The molecule has 1 aliphatic heterocycles. The number of hydrogen-bond acceptors (Lipinski definition) is 3. The van der Waals surface area contributed by atoms with E-state index in [9.17, 15) is 13.2 Å². The average molecular weight is 445 g/mol. The van der Waals surface area contributed by atoms with Gasteiger partial charge in [-0.25, -0.2) is 0 Å². The Morgan fingerprint density at radius 2 is 2.13 bits per heavy atom. The summed E-state index contributed by atoms with van der Waals surface area (Å²) in [7, 11) is 0. The van der Waals surface area contributed by atoms with Crippen LogP contribution >= 0.6 is 24.0 Å². The van der Waals surface area contributed by atoms with Crippen LogP contribution < -0.4 is 15.8 Å². The van der Waals surface area contributed by atoms with E-state index in [1.807, 2.05) is 6.92 Å². The van der Waals surface area contributed by atoms with E-state index in [0.717, 1.165) is 12.8 Å². The molecular weight excluding hydrogens is 426 g/mol. The second-order valence-electron chi connectivity index (χ2n) is 5.27. The lowest BCUT2D eigenvalue weighted by molar-refractivity contribution is -0.274. The summed E-state index contributed by atoms with van der Waals surface area (Å²) < 4.78 is 46.5. The number of alkyl halides is 3. The van der Waals surface area contributed by atoms with E-state index in [4.69, 9.17) is 10.5 Å². The summed E-state index contributed by atoms with van der Waals surface area (Å²) in [5.41, 5.74) is 5.45. The molecule has 2 rings (SSSR count). The third-order valence-electron chi connectivity index (χ3n) is 3.26. The number of halogens is 4. The molecule has 0 aromatic heterocycles. The molecular formula is C14H19F3IN3O2. The van der Waals surface area contributed by atoms with Crippen LogP contribution in [0.2, 0.25) is 0 Å². The molecule has 1 atom stereocenters. The molecule has 0 amide bonds. The molecule has 0 radical (unpaired) electrons. The van der Waals surface area contributed by atoms with Crippen molar-refractivity contribution in [3.05, 3.63) is 24.3 Å². The zero-order valence-corrected chi connectivity index (χ0v) is 14.9. The zero-order chi connectivity index (χ0) is 16.2. The number of nitrogens with zero attached hydrogens (tertiary/aromatic N) is 1. The van der Waals surface area contributed by atoms with Crippen LogP contribution in [0.15, 0.2) is 29.3 Å². The van der Waals surface area contributed by atoms with Gasteiger partial charge in [-0.3, -0.25) is 4.99 Å². The lowest BCUT2D eigenvalue weighted by Crippen LogP contribution is -2.31. The Hall–Kier alpha value is -1.23. The lowest BCUT2D eigenvalue weighted by atomic mass is 10.0. The molecule has 9 heteroatoms. The van der Waals surface area contributed by atoms with Gasteiger partial charge >= 0.3 is 6.36 Å². The smallest absolute Gasteiger partial charge is 0.404 e. The Kier molecular flexibility index (Phi) is 6.93. The quantitative estimate of drug-likeness (QED) is 0.423. The van der Waals surface area contributed by atoms with Crippen molar-refractivity contribution in [2.75, 3.05) is 18.5 Å². The van der Waals surface area contributed by atoms with Crippen LogP contribution in [0.25, 0.3) is 0 Å². The van der Waals surface area contributed by atoms with Crippen LogP contribution in [0.4, 0.5) is 18.9 Å². The third-order valence-corrected chi connectivity index (χ3v) is 3.26. The van der Waals surface area contributed by atoms with Gasteiger partial charge in [-0.15, -0.1) is 37.1 Å². The Balaban J connectivity index is 0.00000264. The number of benzene rings is 1. The van der Waals surface area contributed by atoms with Gasteiger partial charge in [0.25, 0.3) is 0 Å². The Morgan fingerprint density at radius 3 is 2.74 bits per heavy atom. The first-order valence-corrected chi connectivity index (χ1v) is 6.83. The highest BCUT2D eigenvalue weighted by Crippen LogP contribution is 2.30. The molecule has 1 aliphatic rings. The number of hydrogen-bond donors (Lipinski definition) is 2. The fraction of sp³-hybridized carbons (Fsp3) is 0.500. The fourth-order valence-electron chi connectivity index (χ4n) is 2.18. The van der Waals surface area contributed by atoms with Gasteiger partial charge in [-0.1, -0.05) is 12.1 Å². The van der Waals surface area contributed by atoms with Gasteiger partial charge < -0.3 is 20.5 Å². The minimum Gasteiger partial charge on any atom is -0.404 e. The second kappa shape index (κ2) is 8.04. The average Bonchev–Trinajstić information content (AvgIpc) is 2.85. The summed E-state index contributed by atoms with van der Waals surface area (Å²) in [6.45, 7) is 2.95. The number of rotatable bonds is 4. The molecule has 0 spiro atoms. The summed E-state index contributed by atoms with van der Waals surface area (Å²) in [4.78, 5) is 4.13. The summed E-state index contributed by atoms with van der Waals surface area (Å²) in [6, 6.07) is 5.63. The monoisotopic (exact) mass is 445 g/mol. The molecule has 0 bridgehead atoms. The van der Waals surface area contributed by atoms with E-state index >= 15 is 0 Å². The van der Waals surface area contributed by atoms with Crippen LogP contribution in [-0.2, 0) is 4.74 Å². The number of nitrogens with two attached hydrogens (primary N) is 1. The van der Waals surface area contributed by atoms with Gasteiger partial charge in [0, 0.05) is 6.61 Å². The maximum Gasteiger partial charge on any atom is 0.573 e. The van der Waals surface area contributed by atoms with Crippen LogP contribution in [0, 0.1) is 0 Å². The first-order valence-electron chi connectivity index (χ1n) is 6.83. The van der Waals surface area contributed by atoms with Gasteiger partial charge in [0.1, 0.15) is 0 Å². The molecule has 1 aromatic rings. The molecule has 1 unspecified atom stereocenters. The predicted octanol–water partition coefficient (Wildman–Crippen LogP) is 3.50. The Morgan fingerprint density at radius 1 is 1.43 bits per heavy atom. The van der Waals surface area contributed by atoms with Crippen molar-refractivity contribution < 1.29 is 22.6 Å². The maximum absolute atomic E-state index is 12.3. The van der Waals surface area contributed by atoms with Crippen molar-refractivity contribution >= 4 is 35.6 Å². The molecule has 23 heavy (non-hydrogen) atoms. The first kappa shape index (κ1) is 19.8. The Labute approximate surface area is 149 Å². The van der Waals surface area contributed by atoms with Crippen molar-refractivity contribution in [1.82, 2.24) is 0 Å².